The number of hydrogen-bond donors (Lipinski definition) is 0. The van der Waals surface area contributed by atoms with Crippen molar-refractivity contribution in [3.8, 4) is 0 Å². The first-order valence-electron chi connectivity index (χ1n) is 11.6. The number of carbonyl (C=O) groups is 4. The van der Waals surface area contributed by atoms with Crippen molar-refractivity contribution in [2.45, 2.75) is 64.1 Å². The second-order valence-corrected chi connectivity index (χ2v) is 9.62. The van der Waals surface area contributed by atoms with Gasteiger partial charge in [-0.3, -0.25) is 19.2 Å². The number of hydrogen-bond acceptors (Lipinski definition) is 7. The SMILES string of the molecule is COC(=O)[C@@H]1CC[C@@H](CC(=O)[C@@H]2C[C@H]3C[C@H]3N2C(=O)Cn2nc(C(C)=O)c3cccnc32)C1. The van der Waals surface area contributed by atoms with Crippen LogP contribution in [0.3, 0.4) is 0 Å². The lowest BCUT2D eigenvalue weighted by atomic mass is 9.94. The molecule has 3 heterocycles. The fraction of sp³-hybridized carbons (Fsp3) is 0.583. The Morgan fingerprint density at radius 1 is 1.15 bits per heavy atom. The Balaban J connectivity index is 1.29. The van der Waals surface area contributed by atoms with E-state index in [9.17, 15) is 19.2 Å². The fourth-order valence-corrected chi connectivity index (χ4v) is 5.75. The Bertz CT molecular complexity index is 1140. The molecule has 1 saturated heterocycles. The molecule has 2 saturated carbocycles. The van der Waals surface area contributed by atoms with E-state index < -0.39 is 6.04 Å². The lowest BCUT2D eigenvalue weighted by Crippen LogP contribution is -2.45. The Morgan fingerprint density at radius 2 is 1.97 bits per heavy atom. The van der Waals surface area contributed by atoms with Crippen LogP contribution >= 0.6 is 0 Å². The van der Waals surface area contributed by atoms with Gasteiger partial charge in [0.05, 0.1) is 24.5 Å². The zero-order valence-electron chi connectivity index (χ0n) is 18.9. The van der Waals surface area contributed by atoms with Gasteiger partial charge in [-0.1, -0.05) is 0 Å². The molecule has 0 N–H and O–H groups in total. The molecule has 9 heteroatoms. The number of nitrogens with zero attached hydrogens (tertiary/aromatic N) is 4. The van der Waals surface area contributed by atoms with Crippen molar-refractivity contribution in [2.75, 3.05) is 7.11 Å². The molecule has 174 valence electrons. The number of carbonyl (C=O) groups excluding carboxylic acids is 4. The van der Waals surface area contributed by atoms with Crippen molar-refractivity contribution in [1.29, 1.82) is 0 Å². The molecule has 5 atom stereocenters. The first-order valence-corrected chi connectivity index (χ1v) is 11.6. The fourth-order valence-electron chi connectivity index (χ4n) is 5.75. The summed E-state index contributed by atoms with van der Waals surface area (Å²) in [6.07, 6.45) is 5.89. The Kier molecular flexibility index (Phi) is 5.50. The van der Waals surface area contributed by atoms with Gasteiger partial charge in [-0.25, -0.2) is 9.67 Å². The van der Waals surface area contributed by atoms with Crippen LogP contribution in [0.25, 0.3) is 11.0 Å². The molecule has 0 spiro atoms. The summed E-state index contributed by atoms with van der Waals surface area (Å²) in [5.41, 5.74) is 0.788. The minimum Gasteiger partial charge on any atom is -0.469 e. The van der Waals surface area contributed by atoms with Gasteiger partial charge in [-0.15, -0.1) is 0 Å². The number of likely N-dealkylation sites (tertiary alicyclic amines) is 1. The minimum absolute atomic E-state index is 0.0539. The zero-order chi connectivity index (χ0) is 23.3. The van der Waals surface area contributed by atoms with E-state index in [2.05, 4.69) is 10.1 Å². The van der Waals surface area contributed by atoms with Gasteiger partial charge in [-0.2, -0.15) is 5.10 Å². The highest BCUT2D eigenvalue weighted by molar-refractivity contribution is 6.04. The standard InChI is InChI=1S/C24H28N4O5/c1-13(29)22-17-4-3-7-25-23(17)27(26-22)12-21(31)28-18-10-16(18)11-19(28)20(30)9-14-5-6-15(8-14)24(32)33-2/h3-4,7,14-16,18-19H,5-6,8-12H2,1-2H3/t14-,15-,16-,18-,19+/m1/s1. The predicted octanol–water partition coefficient (Wildman–Crippen LogP) is 2.17. The molecule has 2 aromatic rings. The van der Waals surface area contributed by atoms with Gasteiger partial charge in [0.1, 0.15) is 12.2 Å². The van der Waals surface area contributed by atoms with Crippen LogP contribution in [0.5, 0.6) is 0 Å². The van der Waals surface area contributed by atoms with Gasteiger partial charge in [0.15, 0.2) is 17.2 Å². The highest BCUT2D eigenvalue weighted by Gasteiger charge is 2.56. The van der Waals surface area contributed by atoms with Crippen LogP contribution in [-0.2, 0) is 25.7 Å². The third kappa shape index (κ3) is 3.94. The first kappa shape index (κ1) is 21.7. The van der Waals surface area contributed by atoms with Crippen LogP contribution in [0.4, 0.5) is 0 Å². The van der Waals surface area contributed by atoms with Crippen LogP contribution in [0, 0.1) is 17.8 Å². The van der Waals surface area contributed by atoms with Gasteiger partial charge in [0.25, 0.3) is 0 Å². The van der Waals surface area contributed by atoms with E-state index in [1.165, 1.54) is 18.7 Å². The van der Waals surface area contributed by atoms with Gasteiger partial charge in [-0.05, 0) is 56.1 Å². The molecule has 0 radical (unpaired) electrons. The van der Waals surface area contributed by atoms with Crippen LogP contribution in [-0.4, -0.2) is 62.3 Å². The summed E-state index contributed by atoms with van der Waals surface area (Å²) >= 11 is 0. The lowest BCUT2D eigenvalue weighted by Gasteiger charge is -2.27. The topological polar surface area (TPSA) is 111 Å². The summed E-state index contributed by atoms with van der Waals surface area (Å²) in [5, 5.41) is 4.98. The number of piperidine rings is 1. The van der Waals surface area contributed by atoms with E-state index in [-0.39, 0.29) is 47.9 Å². The molecule has 33 heavy (non-hydrogen) atoms. The van der Waals surface area contributed by atoms with Crippen molar-refractivity contribution in [1.82, 2.24) is 19.7 Å². The van der Waals surface area contributed by atoms with E-state index >= 15 is 0 Å². The minimum atomic E-state index is -0.416. The molecule has 0 aromatic carbocycles. The van der Waals surface area contributed by atoms with Crippen molar-refractivity contribution >= 4 is 34.5 Å². The summed E-state index contributed by atoms with van der Waals surface area (Å²) in [7, 11) is 1.40. The first-order chi connectivity index (χ1) is 15.9. The summed E-state index contributed by atoms with van der Waals surface area (Å²) in [5.74, 6) is -0.0475. The number of ketones is 2. The molecule has 2 aromatic heterocycles. The third-order valence-corrected chi connectivity index (χ3v) is 7.46. The van der Waals surface area contributed by atoms with Gasteiger partial charge in [0, 0.05) is 25.6 Å². The Labute approximate surface area is 191 Å². The van der Waals surface area contributed by atoms with Crippen molar-refractivity contribution in [3.63, 3.8) is 0 Å². The maximum atomic E-state index is 13.3. The summed E-state index contributed by atoms with van der Waals surface area (Å²) in [6.45, 7) is 1.39. The smallest absolute Gasteiger partial charge is 0.308 e. The van der Waals surface area contributed by atoms with Crippen molar-refractivity contribution < 1.29 is 23.9 Å². The van der Waals surface area contributed by atoms with Crippen molar-refractivity contribution in [2.24, 2.45) is 17.8 Å². The number of Topliss-reactive ketones (excluding diaryl/α,β-unsaturated/α-hetero) is 2. The van der Waals surface area contributed by atoms with Gasteiger partial charge < -0.3 is 9.64 Å². The third-order valence-electron chi connectivity index (χ3n) is 7.46. The number of rotatable bonds is 7. The number of pyridine rings is 1. The molecule has 1 amide bonds. The largest absolute Gasteiger partial charge is 0.469 e. The van der Waals surface area contributed by atoms with Crippen LogP contribution in [0.2, 0.25) is 0 Å². The average Bonchev–Trinajstić information content (AvgIpc) is 3.15. The van der Waals surface area contributed by atoms with E-state index in [0.717, 1.165) is 19.3 Å². The molecule has 2 aliphatic carbocycles. The summed E-state index contributed by atoms with van der Waals surface area (Å²) in [6, 6.07) is 3.20. The summed E-state index contributed by atoms with van der Waals surface area (Å²) in [4.78, 5) is 56.4. The second-order valence-electron chi connectivity index (χ2n) is 9.62. The predicted molar refractivity (Wildman–Crippen MR) is 117 cm³/mol. The maximum Gasteiger partial charge on any atom is 0.308 e. The number of methoxy groups -OCH3 is 1. The molecule has 0 bridgehead atoms. The molecule has 5 rings (SSSR count). The molecule has 0 unspecified atom stereocenters. The lowest BCUT2D eigenvalue weighted by molar-refractivity contribution is -0.145. The monoisotopic (exact) mass is 452 g/mol. The highest BCUT2D eigenvalue weighted by atomic mass is 16.5. The molecule has 3 fully saturated rings. The quantitative estimate of drug-likeness (QED) is 0.467. The highest BCUT2D eigenvalue weighted by Crippen LogP contribution is 2.49. The van der Waals surface area contributed by atoms with Gasteiger partial charge >= 0.3 is 5.97 Å². The number of aromatic nitrogens is 3. The van der Waals surface area contributed by atoms with E-state index in [4.69, 9.17) is 4.74 Å². The van der Waals surface area contributed by atoms with Crippen LogP contribution in [0.15, 0.2) is 18.3 Å². The van der Waals surface area contributed by atoms with E-state index in [1.54, 1.807) is 23.2 Å². The molecule has 1 aliphatic heterocycles. The Morgan fingerprint density at radius 3 is 2.73 bits per heavy atom. The molecular weight excluding hydrogens is 424 g/mol. The average molecular weight is 453 g/mol. The van der Waals surface area contributed by atoms with Gasteiger partial charge in [0.2, 0.25) is 5.91 Å². The van der Waals surface area contributed by atoms with E-state index in [1.807, 2.05) is 0 Å². The Hall–Kier alpha value is -3.10. The number of amides is 1. The van der Waals surface area contributed by atoms with Crippen LogP contribution in [0.1, 0.15) is 55.9 Å². The number of fused-ring (bicyclic) bond motifs is 2. The molecular formula is C24H28N4O5. The van der Waals surface area contributed by atoms with Crippen molar-refractivity contribution in [3.05, 3.63) is 24.0 Å². The molecule has 9 nitrogen and oxygen atoms in total. The normalized spacial score (nSPS) is 28.1. The molecule has 3 aliphatic rings. The summed E-state index contributed by atoms with van der Waals surface area (Å²) < 4.78 is 6.32. The number of esters is 1. The van der Waals surface area contributed by atoms with E-state index in [0.29, 0.717) is 41.9 Å². The second kappa shape index (κ2) is 8.35. The maximum absolute atomic E-state index is 13.3. The zero-order valence-corrected chi connectivity index (χ0v) is 18.9. The number of ether oxygens (including phenoxy) is 1. The van der Waals surface area contributed by atoms with Crippen LogP contribution < -0.4 is 0 Å².